The Bertz CT molecular complexity index is 1250. The van der Waals surface area contributed by atoms with Gasteiger partial charge in [0.2, 0.25) is 0 Å². The quantitative estimate of drug-likeness (QED) is 0.316. The van der Waals surface area contributed by atoms with E-state index in [4.69, 9.17) is 4.74 Å². The van der Waals surface area contributed by atoms with Crippen molar-refractivity contribution in [2.24, 2.45) is 0 Å². The van der Waals surface area contributed by atoms with E-state index >= 15 is 0 Å². The Hall–Kier alpha value is -4.45. The lowest BCUT2D eigenvalue weighted by atomic mass is 10.0. The molecular weight excluding hydrogens is 400 g/mol. The molecule has 0 saturated carbocycles. The molecule has 0 amide bonds. The predicted octanol–water partition coefficient (Wildman–Crippen LogP) is 4.98. The van der Waals surface area contributed by atoms with E-state index in [2.05, 4.69) is 6.07 Å². The molecule has 0 unspecified atom stereocenters. The number of nitro benzene ring substituents is 2. The molecule has 0 aliphatic rings. The van der Waals surface area contributed by atoms with Crippen LogP contribution in [0, 0.1) is 45.4 Å². The van der Waals surface area contributed by atoms with Crippen LogP contribution in [0.2, 0.25) is 0 Å². The second-order valence-corrected chi connectivity index (χ2v) is 6.75. The van der Waals surface area contributed by atoms with Crippen molar-refractivity contribution in [3.05, 3.63) is 91.3 Å². The summed E-state index contributed by atoms with van der Waals surface area (Å²) in [5, 5.41) is 31.7. The predicted molar refractivity (Wildman–Crippen MR) is 115 cm³/mol. The van der Waals surface area contributed by atoms with Crippen molar-refractivity contribution in [1.29, 1.82) is 5.26 Å². The second-order valence-electron chi connectivity index (χ2n) is 6.75. The Kier molecular flexibility index (Phi) is 5.83. The van der Waals surface area contributed by atoms with Crippen LogP contribution >= 0.6 is 0 Å². The van der Waals surface area contributed by atoms with Gasteiger partial charge in [-0.05, 0) is 55.3 Å². The Morgan fingerprint density at radius 2 is 1.65 bits per heavy atom. The fourth-order valence-electron chi connectivity index (χ4n) is 3.37. The molecular formula is C22H18N4O5. The van der Waals surface area contributed by atoms with Gasteiger partial charge in [-0.3, -0.25) is 20.2 Å². The Morgan fingerprint density at radius 3 is 2.19 bits per heavy atom. The molecule has 31 heavy (non-hydrogen) atoms. The molecule has 2 aromatic carbocycles. The van der Waals surface area contributed by atoms with Gasteiger partial charge in [0.15, 0.2) is 0 Å². The van der Waals surface area contributed by atoms with Gasteiger partial charge in [0, 0.05) is 35.7 Å². The number of aromatic nitrogens is 1. The van der Waals surface area contributed by atoms with Gasteiger partial charge in [0.1, 0.15) is 5.75 Å². The van der Waals surface area contributed by atoms with Gasteiger partial charge in [0.05, 0.1) is 34.3 Å². The Morgan fingerprint density at radius 1 is 1.03 bits per heavy atom. The summed E-state index contributed by atoms with van der Waals surface area (Å²) < 4.78 is 7.21. The summed E-state index contributed by atoms with van der Waals surface area (Å²) in [6.45, 7) is 3.68. The number of aryl methyl sites for hydroxylation is 1. The van der Waals surface area contributed by atoms with Crippen LogP contribution in [0.5, 0.6) is 5.75 Å². The number of methoxy groups -OCH3 is 1. The molecule has 1 aromatic heterocycles. The normalized spacial score (nSPS) is 11.1. The average molecular weight is 418 g/mol. The molecule has 9 nitrogen and oxygen atoms in total. The maximum absolute atomic E-state index is 11.2. The van der Waals surface area contributed by atoms with Crippen LogP contribution in [0.3, 0.4) is 0 Å². The van der Waals surface area contributed by atoms with Crippen LogP contribution in [-0.2, 0) is 0 Å². The van der Waals surface area contributed by atoms with Gasteiger partial charge in [-0.2, -0.15) is 5.26 Å². The third-order valence-electron chi connectivity index (χ3n) is 4.89. The number of nitrogens with zero attached hydrogens (tertiary/aromatic N) is 4. The van der Waals surface area contributed by atoms with Gasteiger partial charge in [-0.25, -0.2) is 0 Å². The molecule has 0 N–H and O–H groups in total. The summed E-state index contributed by atoms with van der Waals surface area (Å²) in [5.41, 5.74) is 3.56. The summed E-state index contributed by atoms with van der Waals surface area (Å²) in [6, 6.07) is 14.1. The van der Waals surface area contributed by atoms with Crippen molar-refractivity contribution < 1.29 is 14.6 Å². The molecule has 3 rings (SSSR count). The minimum absolute atomic E-state index is 0.0583. The van der Waals surface area contributed by atoms with Crippen LogP contribution in [0.25, 0.3) is 17.3 Å². The third-order valence-corrected chi connectivity index (χ3v) is 4.89. The molecule has 3 aromatic rings. The zero-order chi connectivity index (χ0) is 22.7. The summed E-state index contributed by atoms with van der Waals surface area (Å²) in [4.78, 5) is 21.1. The van der Waals surface area contributed by atoms with Crippen molar-refractivity contribution in [1.82, 2.24) is 4.57 Å². The van der Waals surface area contributed by atoms with E-state index in [1.54, 1.807) is 12.1 Å². The number of benzene rings is 2. The number of nitriles is 1. The fraction of sp³-hybridized carbons (Fsp3) is 0.136. The molecule has 9 heteroatoms. The molecule has 0 radical (unpaired) electrons. The van der Waals surface area contributed by atoms with Crippen molar-refractivity contribution in [2.45, 2.75) is 13.8 Å². The van der Waals surface area contributed by atoms with Crippen LogP contribution < -0.4 is 4.74 Å². The number of hydrogen-bond acceptors (Lipinski definition) is 6. The molecule has 0 fully saturated rings. The smallest absolute Gasteiger partial charge is 0.271 e. The summed E-state index contributed by atoms with van der Waals surface area (Å²) >= 11 is 0. The fourth-order valence-corrected chi connectivity index (χ4v) is 3.37. The maximum Gasteiger partial charge on any atom is 0.271 e. The van der Waals surface area contributed by atoms with E-state index in [-0.39, 0.29) is 11.4 Å². The van der Waals surface area contributed by atoms with Gasteiger partial charge in [-0.1, -0.05) is 0 Å². The van der Waals surface area contributed by atoms with E-state index in [1.807, 2.05) is 24.5 Å². The lowest BCUT2D eigenvalue weighted by Gasteiger charge is -2.14. The van der Waals surface area contributed by atoms with Crippen LogP contribution in [-0.4, -0.2) is 21.5 Å². The van der Waals surface area contributed by atoms with E-state index in [1.165, 1.54) is 43.5 Å². The first-order chi connectivity index (χ1) is 14.8. The topological polar surface area (TPSA) is 124 Å². The van der Waals surface area contributed by atoms with E-state index < -0.39 is 9.85 Å². The van der Waals surface area contributed by atoms with E-state index in [9.17, 15) is 25.5 Å². The third kappa shape index (κ3) is 4.13. The first kappa shape index (κ1) is 21.3. The number of hydrogen-bond donors (Lipinski definition) is 0. The summed E-state index contributed by atoms with van der Waals surface area (Å²) in [6.07, 6.45) is 1.68. The molecule has 1 heterocycles. The molecule has 0 bridgehead atoms. The number of nitro groups is 2. The molecule has 0 aliphatic heterocycles. The Balaban J connectivity index is 2.11. The Labute approximate surface area is 177 Å². The zero-order valence-corrected chi connectivity index (χ0v) is 17.0. The van der Waals surface area contributed by atoms with E-state index in [0.29, 0.717) is 22.6 Å². The lowest BCUT2D eigenvalue weighted by Crippen LogP contribution is -2.03. The first-order valence-corrected chi connectivity index (χ1v) is 9.15. The second kappa shape index (κ2) is 8.51. The SMILES string of the molecule is COc1ccc([N+](=O)[O-])cc1-n1c(C)cc(/C=C(/C#N)c2ccc([N+](=O)[O-])cc2)c1C. The number of rotatable bonds is 6. The average Bonchev–Trinajstić information content (AvgIpc) is 3.04. The highest BCUT2D eigenvalue weighted by Gasteiger charge is 2.18. The molecule has 156 valence electrons. The molecule has 0 aliphatic carbocycles. The van der Waals surface area contributed by atoms with Crippen molar-refractivity contribution >= 4 is 23.0 Å². The van der Waals surface area contributed by atoms with Gasteiger partial charge < -0.3 is 9.30 Å². The molecule has 0 saturated heterocycles. The summed E-state index contributed by atoms with van der Waals surface area (Å²) in [5.74, 6) is 0.471. The largest absolute Gasteiger partial charge is 0.495 e. The number of ether oxygens (including phenoxy) is 1. The van der Waals surface area contributed by atoms with Crippen molar-refractivity contribution in [3.8, 4) is 17.5 Å². The highest BCUT2D eigenvalue weighted by molar-refractivity contribution is 5.90. The monoisotopic (exact) mass is 418 g/mol. The van der Waals surface area contributed by atoms with Crippen molar-refractivity contribution in [2.75, 3.05) is 7.11 Å². The molecule has 0 spiro atoms. The zero-order valence-electron chi connectivity index (χ0n) is 17.0. The minimum atomic E-state index is -0.500. The van der Waals surface area contributed by atoms with Crippen LogP contribution in [0.1, 0.15) is 22.5 Å². The van der Waals surface area contributed by atoms with Crippen LogP contribution in [0.15, 0.2) is 48.5 Å². The highest BCUT2D eigenvalue weighted by Crippen LogP contribution is 2.32. The molecule has 0 atom stereocenters. The first-order valence-electron chi connectivity index (χ1n) is 9.15. The highest BCUT2D eigenvalue weighted by atomic mass is 16.6. The summed E-state index contributed by atoms with van der Waals surface area (Å²) in [7, 11) is 1.49. The van der Waals surface area contributed by atoms with Gasteiger partial charge >= 0.3 is 0 Å². The van der Waals surface area contributed by atoms with E-state index in [0.717, 1.165) is 17.0 Å². The minimum Gasteiger partial charge on any atom is -0.495 e. The van der Waals surface area contributed by atoms with Gasteiger partial charge in [-0.15, -0.1) is 0 Å². The lowest BCUT2D eigenvalue weighted by molar-refractivity contribution is -0.385. The van der Waals surface area contributed by atoms with Crippen molar-refractivity contribution in [3.63, 3.8) is 0 Å². The van der Waals surface area contributed by atoms with Crippen LogP contribution in [0.4, 0.5) is 11.4 Å². The van der Waals surface area contributed by atoms with Gasteiger partial charge in [0.25, 0.3) is 11.4 Å². The number of non-ortho nitro benzene ring substituents is 2. The maximum atomic E-state index is 11.2. The standard InChI is InChI=1S/C22H18N4O5/c1-14-10-17(11-18(13-23)16-4-6-19(7-5-16)25(27)28)15(2)24(14)21-12-20(26(29)30)8-9-22(21)31-3/h4-12H,1-3H3/b18-11-. The number of allylic oxidation sites excluding steroid dienone is 1.